The summed E-state index contributed by atoms with van der Waals surface area (Å²) in [4.78, 5) is 18.4. The van der Waals surface area contributed by atoms with Crippen molar-refractivity contribution < 1.29 is 9.18 Å². The van der Waals surface area contributed by atoms with Crippen LogP contribution in [0.2, 0.25) is 0 Å². The predicted octanol–water partition coefficient (Wildman–Crippen LogP) is 2.94. The van der Waals surface area contributed by atoms with Crippen LogP contribution in [-0.4, -0.2) is 23.5 Å². The van der Waals surface area contributed by atoms with Crippen molar-refractivity contribution in [1.29, 1.82) is 5.26 Å². The number of carbonyl (C=O) groups is 1. The zero-order chi connectivity index (χ0) is 17.8. The number of nitrogens with zero attached hydrogens (tertiary/aromatic N) is 3. The standard InChI is InChI=1S/C19H19FN4O/c1-13(15-9-16(20)12-22-11-15)23-18-3-2-8-24(19(18)25)17-6-4-14(10-21)5-7-17/h4-7,9,11-13,18,23H,2-3,8H2,1H3/t13-,18-/m0/s1. The summed E-state index contributed by atoms with van der Waals surface area (Å²) in [5.41, 5.74) is 2.06. The number of amides is 1. The molecule has 1 aromatic carbocycles. The molecule has 2 atom stereocenters. The minimum atomic E-state index is -0.389. The van der Waals surface area contributed by atoms with Crippen LogP contribution in [-0.2, 0) is 4.79 Å². The summed E-state index contributed by atoms with van der Waals surface area (Å²) in [6, 6.07) is 9.99. The third kappa shape index (κ3) is 3.83. The molecule has 1 aliphatic rings. The van der Waals surface area contributed by atoms with E-state index in [4.69, 9.17) is 5.26 Å². The molecule has 1 N–H and O–H groups in total. The number of aromatic nitrogens is 1. The van der Waals surface area contributed by atoms with Crippen LogP contribution < -0.4 is 10.2 Å². The zero-order valence-corrected chi connectivity index (χ0v) is 13.9. The van der Waals surface area contributed by atoms with Gasteiger partial charge in [0.2, 0.25) is 5.91 Å². The van der Waals surface area contributed by atoms with Gasteiger partial charge in [-0.3, -0.25) is 15.1 Å². The van der Waals surface area contributed by atoms with E-state index in [0.29, 0.717) is 17.7 Å². The number of piperidine rings is 1. The summed E-state index contributed by atoms with van der Waals surface area (Å²) < 4.78 is 13.3. The first-order valence-electron chi connectivity index (χ1n) is 8.26. The summed E-state index contributed by atoms with van der Waals surface area (Å²) >= 11 is 0. The minimum Gasteiger partial charge on any atom is -0.311 e. The Morgan fingerprint density at radius 2 is 2.12 bits per heavy atom. The Morgan fingerprint density at radius 1 is 1.36 bits per heavy atom. The lowest BCUT2D eigenvalue weighted by molar-refractivity contribution is -0.122. The van der Waals surface area contributed by atoms with Gasteiger partial charge in [0.1, 0.15) is 5.82 Å². The molecule has 1 aromatic heterocycles. The van der Waals surface area contributed by atoms with Crippen molar-refractivity contribution in [2.24, 2.45) is 0 Å². The highest BCUT2D eigenvalue weighted by molar-refractivity contribution is 5.98. The number of carbonyl (C=O) groups excluding carboxylic acids is 1. The fraction of sp³-hybridized carbons (Fsp3) is 0.316. The smallest absolute Gasteiger partial charge is 0.244 e. The first kappa shape index (κ1) is 17.1. The van der Waals surface area contributed by atoms with Gasteiger partial charge in [0.15, 0.2) is 0 Å². The van der Waals surface area contributed by atoms with Gasteiger partial charge in [-0.2, -0.15) is 5.26 Å². The van der Waals surface area contributed by atoms with Gasteiger partial charge in [-0.15, -0.1) is 0 Å². The number of halogens is 1. The molecular weight excluding hydrogens is 319 g/mol. The SMILES string of the molecule is C[C@H](N[C@H]1CCCN(c2ccc(C#N)cc2)C1=O)c1cncc(F)c1. The second-order valence-corrected chi connectivity index (χ2v) is 6.17. The third-order valence-corrected chi connectivity index (χ3v) is 4.42. The molecule has 25 heavy (non-hydrogen) atoms. The quantitative estimate of drug-likeness (QED) is 0.930. The van der Waals surface area contributed by atoms with E-state index in [-0.39, 0.29) is 23.8 Å². The molecule has 0 spiro atoms. The summed E-state index contributed by atoms with van der Waals surface area (Å²) in [7, 11) is 0. The van der Waals surface area contributed by atoms with E-state index in [9.17, 15) is 9.18 Å². The van der Waals surface area contributed by atoms with Gasteiger partial charge in [0.05, 0.1) is 23.9 Å². The van der Waals surface area contributed by atoms with Crippen LogP contribution in [0, 0.1) is 17.1 Å². The second-order valence-electron chi connectivity index (χ2n) is 6.17. The molecule has 1 fully saturated rings. The van der Waals surface area contributed by atoms with Gasteiger partial charge in [0, 0.05) is 24.5 Å². The molecule has 1 saturated heterocycles. The van der Waals surface area contributed by atoms with Gasteiger partial charge >= 0.3 is 0 Å². The van der Waals surface area contributed by atoms with Gasteiger partial charge in [-0.25, -0.2) is 4.39 Å². The van der Waals surface area contributed by atoms with Gasteiger partial charge in [0.25, 0.3) is 0 Å². The highest BCUT2D eigenvalue weighted by atomic mass is 19.1. The minimum absolute atomic E-state index is 0.00725. The molecule has 6 heteroatoms. The number of rotatable bonds is 4. The molecule has 0 radical (unpaired) electrons. The number of nitriles is 1. The summed E-state index contributed by atoms with van der Waals surface area (Å²) in [6.45, 7) is 2.54. The van der Waals surface area contributed by atoms with Crippen molar-refractivity contribution in [3.63, 3.8) is 0 Å². The Hall–Kier alpha value is -2.78. The van der Waals surface area contributed by atoms with E-state index in [2.05, 4.69) is 16.4 Å². The van der Waals surface area contributed by atoms with Gasteiger partial charge in [-0.05, 0) is 55.7 Å². The molecule has 0 bridgehead atoms. The van der Waals surface area contributed by atoms with E-state index >= 15 is 0 Å². The topological polar surface area (TPSA) is 69.0 Å². The number of hydrogen-bond acceptors (Lipinski definition) is 4. The summed E-state index contributed by atoms with van der Waals surface area (Å²) in [5.74, 6) is -0.396. The molecule has 3 rings (SSSR count). The van der Waals surface area contributed by atoms with Crippen molar-refractivity contribution in [1.82, 2.24) is 10.3 Å². The van der Waals surface area contributed by atoms with Crippen molar-refractivity contribution in [2.45, 2.75) is 31.8 Å². The first-order chi connectivity index (χ1) is 12.1. The number of nitrogens with one attached hydrogen (secondary N) is 1. The fourth-order valence-corrected chi connectivity index (χ4v) is 3.07. The third-order valence-electron chi connectivity index (χ3n) is 4.42. The molecule has 0 unspecified atom stereocenters. The van der Waals surface area contributed by atoms with Crippen LogP contribution in [0.3, 0.4) is 0 Å². The normalized spacial score (nSPS) is 18.7. The number of pyridine rings is 1. The Balaban J connectivity index is 1.72. The zero-order valence-electron chi connectivity index (χ0n) is 13.9. The number of benzene rings is 1. The lowest BCUT2D eigenvalue weighted by Crippen LogP contribution is -2.51. The Morgan fingerprint density at radius 3 is 2.80 bits per heavy atom. The van der Waals surface area contributed by atoms with Crippen LogP contribution in [0.15, 0.2) is 42.7 Å². The van der Waals surface area contributed by atoms with Crippen molar-refractivity contribution >= 4 is 11.6 Å². The van der Waals surface area contributed by atoms with E-state index in [1.807, 2.05) is 6.92 Å². The molecule has 5 nitrogen and oxygen atoms in total. The monoisotopic (exact) mass is 338 g/mol. The maximum atomic E-state index is 13.3. The van der Waals surface area contributed by atoms with Gasteiger partial charge < -0.3 is 4.90 Å². The van der Waals surface area contributed by atoms with Gasteiger partial charge in [-0.1, -0.05) is 0 Å². The lowest BCUT2D eigenvalue weighted by atomic mass is 10.0. The largest absolute Gasteiger partial charge is 0.311 e. The van der Waals surface area contributed by atoms with Crippen LogP contribution in [0.4, 0.5) is 10.1 Å². The average Bonchev–Trinajstić information content (AvgIpc) is 2.63. The van der Waals surface area contributed by atoms with Crippen molar-refractivity contribution in [3.05, 3.63) is 59.7 Å². The molecule has 1 aliphatic heterocycles. The summed E-state index contributed by atoms with van der Waals surface area (Å²) in [5, 5.41) is 12.2. The van der Waals surface area contributed by atoms with E-state index in [1.165, 1.54) is 6.07 Å². The Bertz CT molecular complexity index is 800. The second kappa shape index (κ2) is 7.41. The van der Waals surface area contributed by atoms with Crippen molar-refractivity contribution in [3.8, 4) is 6.07 Å². The number of hydrogen-bond donors (Lipinski definition) is 1. The molecular formula is C19H19FN4O. The molecule has 0 saturated carbocycles. The first-order valence-corrected chi connectivity index (χ1v) is 8.26. The van der Waals surface area contributed by atoms with Crippen LogP contribution in [0.25, 0.3) is 0 Å². The maximum Gasteiger partial charge on any atom is 0.244 e. The lowest BCUT2D eigenvalue weighted by Gasteiger charge is -2.34. The summed E-state index contributed by atoms with van der Waals surface area (Å²) in [6.07, 6.45) is 4.37. The fourth-order valence-electron chi connectivity index (χ4n) is 3.07. The van der Waals surface area contributed by atoms with E-state index in [1.54, 1.807) is 35.4 Å². The molecule has 2 heterocycles. The Kier molecular flexibility index (Phi) is 5.05. The Labute approximate surface area is 146 Å². The molecule has 128 valence electrons. The van der Waals surface area contributed by atoms with E-state index < -0.39 is 0 Å². The molecule has 1 amide bonds. The maximum absolute atomic E-state index is 13.3. The molecule has 0 aliphatic carbocycles. The van der Waals surface area contributed by atoms with Crippen LogP contribution >= 0.6 is 0 Å². The highest BCUT2D eigenvalue weighted by Gasteiger charge is 2.30. The van der Waals surface area contributed by atoms with Crippen molar-refractivity contribution in [2.75, 3.05) is 11.4 Å². The number of anilines is 1. The van der Waals surface area contributed by atoms with Crippen LogP contribution in [0.1, 0.15) is 36.9 Å². The van der Waals surface area contributed by atoms with Crippen LogP contribution in [0.5, 0.6) is 0 Å². The predicted molar refractivity (Wildman–Crippen MR) is 92.3 cm³/mol. The molecule has 2 aromatic rings. The average molecular weight is 338 g/mol. The van der Waals surface area contributed by atoms with E-state index in [0.717, 1.165) is 24.7 Å². The highest BCUT2D eigenvalue weighted by Crippen LogP contribution is 2.23.